The van der Waals surface area contributed by atoms with E-state index >= 15 is 0 Å². The summed E-state index contributed by atoms with van der Waals surface area (Å²) in [6.45, 7) is 1.89. The second-order valence-corrected chi connectivity index (χ2v) is 9.04. The minimum absolute atomic E-state index is 0.0372. The molecule has 5 aromatic rings. The number of furan rings is 1. The van der Waals surface area contributed by atoms with Crippen molar-refractivity contribution in [2.45, 2.75) is 32.8 Å². The average molecular weight is 478 g/mol. The number of hydrogen-bond donors (Lipinski definition) is 0. The average Bonchev–Trinajstić information content (AvgIpc) is 3.39. The van der Waals surface area contributed by atoms with Gasteiger partial charge in [0.1, 0.15) is 18.0 Å². The molecule has 178 valence electrons. The fourth-order valence-electron chi connectivity index (χ4n) is 4.93. The zero-order chi connectivity index (χ0) is 24.6. The van der Waals surface area contributed by atoms with Gasteiger partial charge >= 0.3 is 11.6 Å². The Morgan fingerprint density at radius 3 is 2.81 bits per heavy atom. The lowest BCUT2D eigenvalue weighted by molar-refractivity contribution is 0.0474. The number of ether oxygens (including phenoxy) is 1. The molecule has 0 saturated carbocycles. The van der Waals surface area contributed by atoms with Gasteiger partial charge in [0.25, 0.3) is 0 Å². The number of nitrogens with zero attached hydrogens (tertiary/aromatic N) is 1. The molecular weight excluding hydrogens is 454 g/mol. The highest BCUT2D eigenvalue weighted by Gasteiger charge is 2.26. The summed E-state index contributed by atoms with van der Waals surface area (Å²) < 4.78 is 16.7. The van der Waals surface area contributed by atoms with Gasteiger partial charge in [0.05, 0.1) is 23.0 Å². The van der Waals surface area contributed by atoms with Crippen LogP contribution in [0.4, 0.5) is 0 Å². The second kappa shape index (κ2) is 8.96. The molecule has 0 amide bonds. The van der Waals surface area contributed by atoms with Crippen molar-refractivity contribution in [2.75, 3.05) is 0 Å². The van der Waals surface area contributed by atoms with Crippen LogP contribution in [-0.4, -0.2) is 11.0 Å². The molecule has 1 aliphatic rings. The highest BCUT2D eigenvalue weighted by atomic mass is 16.5. The molecule has 0 atom stereocenters. The molecular formula is C30H23NO5. The SMILES string of the molecule is Cc1ccc2c(COC(=O)c3c4c(nc5ccccc35)C(=Cc3ccco3)CCC4)cc(=O)oc2c1. The maximum absolute atomic E-state index is 13.6. The predicted molar refractivity (Wildman–Crippen MR) is 138 cm³/mol. The highest BCUT2D eigenvalue weighted by molar-refractivity contribution is 6.06. The van der Waals surface area contributed by atoms with Crippen LogP contribution in [0.25, 0.3) is 33.5 Å². The van der Waals surface area contributed by atoms with Crippen molar-refractivity contribution in [3.63, 3.8) is 0 Å². The Labute approximate surface area is 206 Å². The van der Waals surface area contributed by atoms with E-state index in [4.69, 9.17) is 18.6 Å². The number of allylic oxidation sites excluding steroid dienone is 1. The topological polar surface area (TPSA) is 82.5 Å². The first-order valence-corrected chi connectivity index (χ1v) is 11.9. The van der Waals surface area contributed by atoms with Crippen LogP contribution in [-0.2, 0) is 17.8 Å². The summed E-state index contributed by atoms with van der Waals surface area (Å²) in [6, 6.07) is 18.4. The fourth-order valence-corrected chi connectivity index (χ4v) is 4.93. The molecule has 0 spiro atoms. The summed E-state index contributed by atoms with van der Waals surface area (Å²) >= 11 is 0. The lowest BCUT2D eigenvalue weighted by atomic mass is 9.86. The van der Waals surface area contributed by atoms with Crippen molar-refractivity contribution in [2.24, 2.45) is 0 Å². The van der Waals surface area contributed by atoms with Gasteiger partial charge < -0.3 is 13.6 Å². The minimum Gasteiger partial charge on any atom is -0.465 e. The minimum atomic E-state index is -0.474. The molecule has 0 aliphatic heterocycles. The van der Waals surface area contributed by atoms with Crippen LogP contribution < -0.4 is 5.63 Å². The molecule has 2 aromatic carbocycles. The van der Waals surface area contributed by atoms with Crippen molar-refractivity contribution >= 4 is 39.5 Å². The first-order chi connectivity index (χ1) is 17.6. The number of carbonyl (C=O) groups is 1. The molecule has 0 unspecified atom stereocenters. The number of aromatic nitrogens is 1. The summed E-state index contributed by atoms with van der Waals surface area (Å²) in [7, 11) is 0. The van der Waals surface area contributed by atoms with Crippen molar-refractivity contribution in [1.82, 2.24) is 4.98 Å². The molecule has 0 saturated heterocycles. The van der Waals surface area contributed by atoms with E-state index in [-0.39, 0.29) is 6.61 Å². The molecule has 0 bridgehead atoms. The lowest BCUT2D eigenvalue weighted by Gasteiger charge is -2.22. The summed E-state index contributed by atoms with van der Waals surface area (Å²) in [5.41, 5.74) is 5.59. The Bertz CT molecular complexity index is 1710. The maximum atomic E-state index is 13.6. The fraction of sp³-hybridized carbons (Fsp3) is 0.167. The van der Waals surface area contributed by atoms with Crippen LogP contribution >= 0.6 is 0 Å². The highest BCUT2D eigenvalue weighted by Crippen LogP contribution is 2.36. The molecule has 0 fully saturated rings. The Balaban J connectivity index is 1.42. The molecule has 3 heterocycles. The number of esters is 1. The van der Waals surface area contributed by atoms with Crippen molar-refractivity contribution < 1.29 is 18.4 Å². The van der Waals surface area contributed by atoms with Crippen LogP contribution in [0, 0.1) is 6.92 Å². The smallest absolute Gasteiger partial charge is 0.339 e. The third-order valence-corrected chi connectivity index (χ3v) is 6.58. The molecule has 0 N–H and O–H groups in total. The van der Waals surface area contributed by atoms with Crippen molar-refractivity contribution in [3.05, 3.63) is 111 Å². The number of rotatable bonds is 4. The van der Waals surface area contributed by atoms with Gasteiger partial charge in [-0.25, -0.2) is 14.6 Å². The first-order valence-electron chi connectivity index (χ1n) is 11.9. The van der Waals surface area contributed by atoms with Gasteiger partial charge in [-0.15, -0.1) is 0 Å². The zero-order valence-electron chi connectivity index (χ0n) is 19.7. The Morgan fingerprint density at radius 1 is 1.06 bits per heavy atom. The van der Waals surface area contributed by atoms with Gasteiger partial charge in [0.15, 0.2) is 0 Å². The van der Waals surface area contributed by atoms with Gasteiger partial charge in [-0.3, -0.25) is 0 Å². The number of para-hydroxylation sites is 1. The zero-order valence-corrected chi connectivity index (χ0v) is 19.7. The maximum Gasteiger partial charge on any atom is 0.339 e. The Morgan fingerprint density at radius 2 is 1.94 bits per heavy atom. The van der Waals surface area contributed by atoms with Gasteiger partial charge in [0, 0.05) is 22.4 Å². The van der Waals surface area contributed by atoms with Gasteiger partial charge in [0.2, 0.25) is 0 Å². The largest absolute Gasteiger partial charge is 0.465 e. The molecule has 36 heavy (non-hydrogen) atoms. The van der Waals surface area contributed by atoms with Gasteiger partial charge in [-0.1, -0.05) is 30.3 Å². The number of hydrogen-bond acceptors (Lipinski definition) is 6. The molecule has 3 aromatic heterocycles. The number of pyridine rings is 1. The summed E-state index contributed by atoms with van der Waals surface area (Å²) in [5, 5.41) is 1.51. The molecule has 1 aliphatic carbocycles. The van der Waals surface area contributed by atoms with E-state index in [1.54, 1.807) is 6.26 Å². The number of fused-ring (bicyclic) bond motifs is 3. The Kier molecular flexibility index (Phi) is 5.49. The summed E-state index contributed by atoms with van der Waals surface area (Å²) in [4.78, 5) is 30.7. The van der Waals surface area contributed by atoms with Crippen molar-refractivity contribution in [1.29, 1.82) is 0 Å². The van der Waals surface area contributed by atoms with Gasteiger partial charge in [-0.05, 0) is 73.2 Å². The third kappa shape index (κ3) is 4.01. The third-order valence-electron chi connectivity index (χ3n) is 6.58. The predicted octanol–water partition coefficient (Wildman–Crippen LogP) is 6.48. The van der Waals surface area contributed by atoms with E-state index in [0.717, 1.165) is 63.7 Å². The van der Waals surface area contributed by atoms with Crippen LogP contribution in [0.15, 0.2) is 80.6 Å². The summed E-state index contributed by atoms with van der Waals surface area (Å²) in [5.74, 6) is 0.319. The van der Waals surface area contributed by atoms with Crippen LogP contribution in [0.3, 0.4) is 0 Å². The van der Waals surface area contributed by atoms with Crippen LogP contribution in [0.2, 0.25) is 0 Å². The lowest BCUT2D eigenvalue weighted by Crippen LogP contribution is -2.16. The normalized spacial score (nSPS) is 14.3. The number of aryl methyl sites for hydroxylation is 1. The van der Waals surface area contributed by atoms with E-state index in [9.17, 15) is 9.59 Å². The van der Waals surface area contributed by atoms with E-state index < -0.39 is 11.6 Å². The van der Waals surface area contributed by atoms with E-state index in [1.165, 1.54) is 6.07 Å². The van der Waals surface area contributed by atoms with E-state index in [2.05, 4.69) is 0 Å². The first kappa shape index (κ1) is 22.0. The molecule has 6 nitrogen and oxygen atoms in total. The Hall–Kier alpha value is -4.45. The van der Waals surface area contributed by atoms with Gasteiger partial charge in [-0.2, -0.15) is 0 Å². The molecule has 6 heteroatoms. The number of benzene rings is 2. The van der Waals surface area contributed by atoms with E-state index in [1.807, 2.05) is 67.6 Å². The standard InChI is InChI=1S/C30H23NO5/c1-18-11-12-22-20(16-27(32)36-26(22)14-18)17-35-30(33)28-23-8-2-3-10-25(23)31-29-19(6-4-9-24(28)29)15-21-7-5-13-34-21/h2-3,5,7-8,10-16H,4,6,9,17H2,1H3. The van der Waals surface area contributed by atoms with Crippen LogP contribution in [0.5, 0.6) is 0 Å². The number of carbonyl (C=O) groups excluding carboxylic acids is 1. The molecule has 0 radical (unpaired) electrons. The van der Waals surface area contributed by atoms with Crippen LogP contribution in [0.1, 0.15) is 51.3 Å². The van der Waals surface area contributed by atoms with Crippen molar-refractivity contribution in [3.8, 4) is 0 Å². The quantitative estimate of drug-likeness (QED) is 0.218. The monoisotopic (exact) mass is 477 g/mol. The van der Waals surface area contributed by atoms with E-state index in [0.29, 0.717) is 16.7 Å². The second-order valence-electron chi connectivity index (χ2n) is 9.04. The summed E-state index contributed by atoms with van der Waals surface area (Å²) in [6.07, 6.45) is 6.10. The molecule has 6 rings (SSSR count).